The van der Waals surface area contributed by atoms with Gasteiger partial charge in [0.25, 0.3) is 0 Å². The van der Waals surface area contributed by atoms with Crippen LogP contribution in [0.25, 0.3) is 0 Å². The van der Waals surface area contributed by atoms with Gasteiger partial charge in [0.1, 0.15) is 5.82 Å². The van der Waals surface area contributed by atoms with Crippen LogP contribution < -0.4 is 0 Å². The van der Waals surface area contributed by atoms with Crippen molar-refractivity contribution in [2.45, 2.75) is 40.0 Å². The van der Waals surface area contributed by atoms with E-state index in [-0.39, 0.29) is 5.97 Å². The molecule has 5 heteroatoms. The van der Waals surface area contributed by atoms with Crippen LogP contribution in [0.5, 0.6) is 0 Å². The first-order chi connectivity index (χ1) is 9.22. The van der Waals surface area contributed by atoms with Gasteiger partial charge < -0.3 is 9.47 Å². The molecule has 0 radical (unpaired) electrons. The lowest BCUT2D eigenvalue weighted by Crippen LogP contribution is -2.13. The number of hydrogen-bond donors (Lipinski definition) is 0. The molecule has 1 aromatic heterocycles. The molecule has 0 aromatic carbocycles. The molecule has 0 bridgehead atoms. The standard InChI is InChI=1S/C14H22N2O3/c1-4-7-12-11(14(17)19-6-3)10-15-13(16-12)8-9-18-5-2/h10H,4-9H2,1-3H3. The number of ether oxygens (including phenoxy) is 2. The van der Waals surface area contributed by atoms with E-state index in [1.54, 1.807) is 13.1 Å². The van der Waals surface area contributed by atoms with Crippen LogP contribution in [0, 0.1) is 0 Å². The maximum Gasteiger partial charge on any atom is 0.341 e. The van der Waals surface area contributed by atoms with Crippen molar-refractivity contribution in [2.24, 2.45) is 0 Å². The summed E-state index contributed by atoms with van der Waals surface area (Å²) >= 11 is 0. The number of esters is 1. The van der Waals surface area contributed by atoms with E-state index in [2.05, 4.69) is 16.9 Å². The number of carbonyl (C=O) groups is 1. The molecular formula is C14H22N2O3. The average molecular weight is 266 g/mol. The molecule has 0 aliphatic carbocycles. The van der Waals surface area contributed by atoms with E-state index in [1.807, 2.05) is 6.92 Å². The van der Waals surface area contributed by atoms with Crippen molar-refractivity contribution >= 4 is 5.97 Å². The smallest absolute Gasteiger partial charge is 0.341 e. The third-order valence-electron chi connectivity index (χ3n) is 2.57. The lowest BCUT2D eigenvalue weighted by atomic mass is 10.1. The lowest BCUT2D eigenvalue weighted by molar-refractivity contribution is 0.0524. The quantitative estimate of drug-likeness (QED) is 0.533. The normalized spacial score (nSPS) is 10.5. The van der Waals surface area contributed by atoms with Crippen molar-refractivity contribution in [3.8, 4) is 0 Å². The van der Waals surface area contributed by atoms with Gasteiger partial charge in [-0.3, -0.25) is 0 Å². The summed E-state index contributed by atoms with van der Waals surface area (Å²) in [6.45, 7) is 7.43. The minimum atomic E-state index is -0.345. The minimum Gasteiger partial charge on any atom is -0.462 e. The van der Waals surface area contributed by atoms with Gasteiger partial charge >= 0.3 is 5.97 Å². The van der Waals surface area contributed by atoms with Gasteiger partial charge in [-0.25, -0.2) is 14.8 Å². The summed E-state index contributed by atoms with van der Waals surface area (Å²) in [5.41, 5.74) is 1.24. The van der Waals surface area contributed by atoms with E-state index in [1.165, 1.54) is 0 Å². The Morgan fingerprint density at radius 1 is 1.21 bits per heavy atom. The Balaban J connectivity index is 2.84. The van der Waals surface area contributed by atoms with Gasteiger partial charge in [-0.1, -0.05) is 13.3 Å². The zero-order valence-electron chi connectivity index (χ0n) is 11.9. The predicted octanol–water partition coefficient (Wildman–Crippen LogP) is 2.18. The Morgan fingerprint density at radius 3 is 2.63 bits per heavy atom. The van der Waals surface area contributed by atoms with Crippen molar-refractivity contribution < 1.29 is 14.3 Å². The lowest BCUT2D eigenvalue weighted by Gasteiger charge is -2.09. The first-order valence-electron chi connectivity index (χ1n) is 6.82. The first kappa shape index (κ1) is 15.6. The maximum atomic E-state index is 11.8. The molecule has 1 heterocycles. The minimum absolute atomic E-state index is 0.345. The van der Waals surface area contributed by atoms with Crippen molar-refractivity contribution in [3.05, 3.63) is 23.3 Å². The number of aromatic nitrogens is 2. The van der Waals surface area contributed by atoms with Gasteiger partial charge in [0.2, 0.25) is 0 Å². The van der Waals surface area contributed by atoms with Crippen molar-refractivity contribution in [1.29, 1.82) is 0 Å². The monoisotopic (exact) mass is 266 g/mol. The van der Waals surface area contributed by atoms with Gasteiger partial charge in [-0.2, -0.15) is 0 Å². The number of rotatable bonds is 8. The Bertz CT molecular complexity index is 408. The first-order valence-corrected chi connectivity index (χ1v) is 6.82. The summed E-state index contributed by atoms with van der Waals surface area (Å²) in [4.78, 5) is 20.4. The molecule has 0 aliphatic heterocycles. The zero-order chi connectivity index (χ0) is 14.1. The largest absolute Gasteiger partial charge is 0.462 e. The summed E-state index contributed by atoms with van der Waals surface area (Å²) in [6, 6.07) is 0. The summed E-state index contributed by atoms with van der Waals surface area (Å²) in [6.07, 6.45) is 3.90. The fourth-order valence-electron chi connectivity index (χ4n) is 1.69. The van der Waals surface area contributed by atoms with Crippen LogP contribution in [0.4, 0.5) is 0 Å². The number of nitrogens with zero attached hydrogens (tertiary/aromatic N) is 2. The maximum absolute atomic E-state index is 11.8. The van der Waals surface area contributed by atoms with Crippen molar-refractivity contribution in [3.63, 3.8) is 0 Å². The fourth-order valence-corrected chi connectivity index (χ4v) is 1.69. The molecule has 0 saturated carbocycles. The fraction of sp³-hybridized carbons (Fsp3) is 0.643. The highest BCUT2D eigenvalue weighted by atomic mass is 16.5. The summed E-state index contributed by atoms with van der Waals surface area (Å²) < 4.78 is 10.3. The molecular weight excluding hydrogens is 244 g/mol. The van der Waals surface area contributed by atoms with Crippen molar-refractivity contribution in [2.75, 3.05) is 19.8 Å². The van der Waals surface area contributed by atoms with Crippen LogP contribution in [-0.4, -0.2) is 35.8 Å². The highest BCUT2D eigenvalue weighted by Crippen LogP contribution is 2.10. The van der Waals surface area contributed by atoms with Crippen LogP contribution in [0.2, 0.25) is 0 Å². The highest BCUT2D eigenvalue weighted by molar-refractivity contribution is 5.90. The molecule has 1 rings (SSSR count). The molecule has 106 valence electrons. The second-order valence-corrected chi connectivity index (χ2v) is 4.06. The number of carbonyl (C=O) groups excluding carboxylic acids is 1. The van der Waals surface area contributed by atoms with Crippen LogP contribution >= 0.6 is 0 Å². The van der Waals surface area contributed by atoms with Gasteiger partial charge in [0, 0.05) is 19.2 Å². The zero-order valence-corrected chi connectivity index (χ0v) is 11.9. The summed E-state index contributed by atoms with van der Waals surface area (Å²) in [5.74, 6) is 0.368. The van der Waals surface area contributed by atoms with Gasteiger partial charge in [0.05, 0.1) is 24.5 Å². The molecule has 0 spiro atoms. The van der Waals surface area contributed by atoms with Gasteiger partial charge in [-0.05, 0) is 20.3 Å². The van der Waals surface area contributed by atoms with Crippen LogP contribution in [0.15, 0.2) is 6.20 Å². The Hall–Kier alpha value is -1.49. The molecule has 0 amide bonds. The second kappa shape index (κ2) is 8.58. The van der Waals surface area contributed by atoms with E-state index in [0.29, 0.717) is 37.6 Å². The molecule has 0 saturated heterocycles. The number of aryl methyl sites for hydroxylation is 1. The topological polar surface area (TPSA) is 61.3 Å². The van der Waals surface area contributed by atoms with Gasteiger partial charge in [0.15, 0.2) is 0 Å². The predicted molar refractivity (Wildman–Crippen MR) is 72.2 cm³/mol. The molecule has 0 N–H and O–H groups in total. The van der Waals surface area contributed by atoms with E-state index in [4.69, 9.17) is 9.47 Å². The molecule has 0 aliphatic rings. The van der Waals surface area contributed by atoms with Gasteiger partial charge in [-0.15, -0.1) is 0 Å². The summed E-state index contributed by atoms with van der Waals surface area (Å²) in [7, 11) is 0. The molecule has 0 unspecified atom stereocenters. The molecule has 0 fully saturated rings. The van der Waals surface area contributed by atoms with E-state index >= 15 is 0 Å². The van der Waals surface area contributed by atoms with E-state index in [9.17, 15) is 4.79 Å². The Kier molecular flexibility index (Phi) is 7.03. The third kappa shape index (κ3) is 4.95. The highest BCUT2D eigenvalue weighted by Gasteiger charge is 2.15. The SMILES string of the molecule is CCCc1nc(CCOCC)ncc1C(=O)OCC. The Morgan fingerprint density at radius 2 is 2.00 bits per heavy atom. The van der Waals surface area contributed by atoms with Crippen LogP contribution in [0.1, 0.15) is 49.1 Å². The molecule has 1 aromatic rings. The summed E-state index contributed by atoms with van der Waals surface area (Å²) in [5, 5.41) is 0. The third-order valence-corrected chi connectivity index (χ3v) is 2.57. The molecule has 0 atom stereocenters. The number of hydrogen-bond acceptors (Lipinski definition) is 5. The second-order valence-electron chi connectivity index (χ2n) is 4.06. The van der Waals surface area contributed by atoms with Crippen LogP contribution in [-0.2, 0) is 22.3 Å². The Labute approximate surface area is 114 Å². The van der Waals surface area contributed by atoms with Crippen molar-refractivity contribution in [1.82, 2.24) is 9.97 Å². The average Bonchev–Trinajstić information content (AvgIpc) is 2.40. The van der Waals surface area contributed by atoms with E-state index < -0.39 is 0 Å². The molecule has 5 nitrogen and oxygen atoms in total. The van der Waals surface area contributed by atoms with Crippen LogP contribution in [0.3, 0.4) is 0 Å². The van der Waals surface area contributed by atoms with E-state index in [0.717, 1.165) is 18.5 Å². The molecule has 19 heavy (non-hydrogen) atoms.